The van der Waals surface area contributed by atoms with Crippen LogP contribution in [0.5, 0.6) is 0 Å². The maximum atomic E-state index is 10.7. The van der Waals surface area contributed by atoms with Crippen LogP contribution in [0.15, 0.2) is 0 Å². The molecule has 0 aromatic heterocycles. The van der Waals surface area contributed by atoms with E-state index in [1.54, 1.807) is 4.90 Å². The third-order valence-electron chi connectivity index (χ3n) is 1.41. The number of carbonyl (C=O) groups is 1. The molecule has 3 heteroatoms. The summed E-state index contributed by atoms with van der Waals surface area (Å²) in [5.41, 5.74) is 0. The minimum atomic E-state index is 0.282. The molecule has 0 spiro atoms. The molecule has 0 bridgehead atoms. The topological polar surface area (TPSA) is 20.3 Å². The number of hydrogen-bond acceptors (Lipinski definition) is 1. The lowest BCUT2D eigenvalue weighted by molar-refractivity contribution is -0.126. The minimum Gasteiger partial charge on any atom is -0.334 e. The number of halogens is 1. The van der Waals surface area contributed by atoms with Gasteiger partial charge in [0, 0.05) is 13.5 Å². The Kier molecular flexibility index (Phi) is 1.74. The highest BCUT2D eigenvalue weighted by molar-refractivity contribution is 14.1. The first-order valence-corrected chi connectivity index (χ1v) is 3.86. The van der Waals surface area contributed by atoms with E-state index in [1.165, 1.54) is 0 Å². The average molecular weight is 225 g/mol. The van der Waals surface area contributed by atoms with Crippen molar-refractivity contribution in [2.45, 2.75) is 16.9 Å². The van der Waals surface area contributed by atoms with E-state index < -0.39 is 0 Å². The largest absolute Gasteiger partial charge is 0.334 e. The lowest BCUT2D eigenvalue weighted by Crippen LogP contribution is -2.23. The van der Waals surface area contributed by atoms with Crippen LogP contribution in [-0.2, 0) is 4.79 Å². The lowest BCUT2D eigenvalue weighted by atomic mass is 10.4. The fraction of sp³-hybridized carbons (Fsp3) is 0.800. The fourth-order valence-electron chi connectivity index (χ4n) is 0.769. The van der Waals surface area contributed by atoms with Gasteiger partial charge >= 0.3 is 0 Å². The summed E-state index contributed by atoms with van der Waals surface area (Å²) in [6.07, 6.45) is 1.76. The van der Waals surface area contributed by atoms with Gasteiger partial charge in [0.25, 0.3) is 0 Å². The van der Waals surface area contributed by atoms with Crippen LogP contribution in [0.1, 0.15) is 12.8 Å². The highest BCUT2D eigenvalue weighted by Gasteiger charge is 2.24. The Morgan fingerprint density at radius 1 is 1.88 bits per heavy atom. The summed E-state index contributed by atoms with van der Waals surface area (Å²) in [5, 5.41) is 0. The number of hydrogen-bond donors (Lipinski definition) is 0. The smallest absolute Gasteiger partial charge is 0.223 e. The first-order chi connectivity index (χ1) is 3.72. The standard InChI is InChI=1S/C5H8INO/c1-7-4(6)2-3-5(7)8/h4H,2-3H2,1H3. The molecule has 1 fully saturated rings. The second kappa shape index (κ2) is 2.21. The monoisotopic (exact) mass is 225 g/mol. The molecule has 0 aromatic rings. The molecule has 0 aliphatic carbocycles. The third kappa shape index (κ3) is 0.962. The van der Waals surface area contributed by atoms with Crippen molar-refractivity contribution in [3.8, 4) is 0 Å². The molecule has 0 N–H and O–H groups in total. The van der Waals surface area contributed by atoms with Crippen LogP contribution in [0.3, 0.4) is 0 Å². The van der Waals surface area contributed by atoms with Crippen molar-refractivity contribution in [1.82, 2.24) is 4.90 Å². The van der Waals surface area contributed by atoms with Crippen LogP contribution < -0.4 is 0 Å². The van der Waals surface area contributed by atoms with E-state index >= 15 is 0 Å². The molecule has 0 aromatic carbocycles. The van der Waals surface area contributed by atoms with Gasteiger partial charge in [0.05, 0.1) is 4.05 Å². The molecule has 8 heavy (non-hydrogen) atoms. The van der Waals surface area contributed by atoms with Gasteiger partial charge in [-0.25, -0.2) is 0 Å². The van der Waals surface area contributed by atoms with Crippen molar-refractivity contribution in [2.75, 3.05) is 7.05 Å². The summed E-state index contributed by atoms with van der Waals surface area (Å²) >= 11 is 2.28. The number of rotatable bonds is 0. The summed E-state index contributed by atoms with van der Waals surface area (Å²) in [7, 11) is 1.85. The van der Waals surface area contributed by atoms with Crippen LogP contribution >= 0.6 is 22.6 Å². The molecule has 1 aliphatic rings. The van der Waals surface area contributed by atoms with Crippen LogP contribution in [0, 0.1) is 0 Å². The summed E-state index contributed by atoms with van der Waals surface area (Å²) in [5.74, 6) is 0.282. The van der Waals surface area contributed by atoms with Crippen molar-refractivity contribution in [1.29, 1.82) is 0 Å². The summed E-state index contributed by atoms with van der Waals surface area (Å²) in [6.45, 7) is 0. The number of nitrogens with zero attached hydrogens (tertiary/aromatic N) is 1. The van der Waals surface area contributed by atoms with E-state index in [1.807, 2.05) is 7.05 Å². The Morgan fingerprint density at radius 2 is 2.50 bits per heavy atom. The molecule has 1 unspecified atom stereocenters. The summed E-state index contributed by atoms with van der Waals surface area (Å²) in [4.78, 5) is 12.5. The first-order valence-electron chi connectivity index (χ1n) is 2.61. The number of amides is 1. The SMILES string of the molecule is CN1C(=O)CCC1I. The predicted octanol–water partition coefficient (Wildman–Crippen LogP) is 1.000. The Bertz CT molecular complexity index is 115. The normalized spacial score (nSPS) is 29.5. The Labute approximate surface area is 62.4 Å². The van der Waals surface area contributed by atoms with E-state index in [0.29, 0.717) is 4.05 Å². The van der Waals surface area contributed by atoms with Gasteiger partial charge in [-0.3, -0.25) is 4.79 Å². The third-order valence-corrected chi connectivity index (χ3v) is 2.87. The van der Waals surface area contributed by atoms with Crippen LogP contribution in [0.25, 0.3) is 0 Å². The Balaban J connectivity index is 2.56. The van der Waals surface area contributed by atoms with Gasteiger partial charge in [-0.05, 0) is 6.42 Å². The van der Waals surface area contributed by atoms with Crippen LogP contribution in [0.2, 0.25) is 0 Å². The second-order valence-corrected chi connectivity index (χ2v) is 3.42. The second-order valence-electron chi connectivity index (χ2n) is 1.98. The van der Waals surface area contributed by atoms with Gasteiger partial charge < -0.3 is 4.90 Å². The molecular weight excluding hydrogens is 217 g/mol. The summed E-state index contributed by atoms with van der Waals surface area (Å²) in [6, 6.07) is 0. The Hall–Kier alpha value is 0.200. The minimum absolute atomic E-state index is 0.282. The van der Waals surface area contributed by atoms with Gasteiger partial charge in [0.2, 0.25) is 5.91 Å². The predicted molar refractivity (Wildman–Crippen MR) is 39.8 cm³/mol. The zero-order valence-corrected chi connectivity index (χ0v) is 6.88. The van der Waals surface area contributed by atoms with Crippen molar-refractivity contribution < 1.29 is 4.79 Å². The number of carbonyl (C=O) groups excluding carboxylic acids is 1. The maximum Gasteiger partial charge on any atom is 0.223 e. The molecule has 1 amide bonds. The molecule has 2 nitrogen and oxygen atoms in total. The molecule has 46 valence electrons. The zero-order chi connectivity index (χ0) is 6.15. The molecule has 1 aliphatic heterocycles. The van der Waals surface area contributed by atoms with Crippen molar-refractivity contribution in [3.63, 3.8) is 0 Å². The molecule has 0 saturated carbocycles. The van der Waals surface area contributed by atoms with Crippen LogP contribution in [0.4, 0.5) is 0 Å². The van der Waals surface area contributed by atoms with Crippen molar-refractivity contribution >= 4 is 28.5 Å². The molecular formula is C5H8INO. The molecule has 0 radical (unpaired) electrons. The van der Waals surface area contributed by atoms with Gasteiger partial charge in [0.1, 0.15) is 0 Å². The van der Waals surface area contributed by atoms with E-state index in [9.17, 15) is 4.79 Å². The van der Waals surface area contributed by atoms with Crippen molar-refractivity contribution in [3.05, 3.63) is 0 Å². The average Bonchev–Trinajstić information content (AvgIpc) is 1.98. The first kappa shape index (κ1) is 6.32. The molecule has 1 heterocycles. The quantitative estimate of drug-likeness (QED) is 0.342. The zero-order valence-electron chi connectivity index (χ0n) is 4.72. The Morgan fingerprint density at radius 3 is 2.62 bits per heavy atom. The number of likely N-dealkylation sites (tertiary alicyclic amines) is 1. The highest BCUT2D eigenvalue weighted by Crippen LogP contribution is 2.20. The van der Waals surface area contributed by atoms with Gasteiger partial charge in [-0.15, -0.1) is 0 Å². The van der Waals surface area contributed by atoms with E-state index in [2.05, 4.69) is 22.6 Å². The lowest BCUT2D eigenvalue weighted by Gasteiger charge is -2.11. The van der Waals surface area contributed by atoms with E-state index in [-0.39, 0.29) is 5.91 Å². The van der Waals surface area contributed by atoms with Crippen molar-refractivity contribution in [2.24, 2.45) is 0 Å². The maximum absolute atomic E-state index is 10.7. The van der Waals surface area contributed by atoms with Gasteiger partial charge in [-0.2, -0.15) is 0 Å². The molecule has 1 rings (SSSR count). The summed E-state index contributed by atoms with van der Waals surface area (Å²) < 4.78 is 0.445. The van der Waals surface area contributed by atoms with E-state index in [0.717, 1.165) is 12.8 Å². The van der Waals surface area contributed by atoms with Crippen LogP contribution in [-0.4, -0.2) is 21.9 Å². The molecule has 1 atom stereocenters. The molecule has 1 saturated heterocycles. The van der Waals surface area contributed by atoms with Gasteiger partial charge in [0.15, 0.2) is 0 Å². The van der Waals surface area contributed by atoms with E-state index in [4.69, 9.17) is 0 Å². The number of alkyl halides is 1. The van der Waals surface area contributed by atoms with Gasteiger partial charge in [-0.1, -0.05) is 22.6 Å². The fourth-order valence-corrected chi connectivity index (χ4v) is 1.39. The highest BCUT2D eigenvalue weighted by atomic mass is 127.